The van der Waals surface area contributed by atoms with E-state index >= 15 is 0 Å². The van der Waals surface area contributed by atoms with Crippen molar-refractivity contribution >= 4 is 0 Å². The van der Waals surface area contributed by atoms with Crippen LogP contribution in [0.2, 0.25) is 0 Å². The van der Waals surface area contributed by atoms with Crippen LogP contribution in [0.15, 0.2) is 0 Å². The van der Waals surface area contributed by atoms with Crippen LogP contribution >= 0.6 is 0 Å². The summed E-state index contributed by atoms with van der Waals surface area (Å²) in [7, 11) is 0. The average Bonchev–Trinajstić information content (AvgIpc) is 2.23. The van der Waals surface area contributed by atoms with Gasteiger partial charge in [-0.05, 0) is 18.3 Å². The summed E-state index contributed by atoms with van der Waals surface area (Å²) in [6.45, 7) is 8.50. The number of ether oxygens (including phenoxy) is 1. The van der Waals surface area contributed by atoms with Gasteiger partial charge in [0.05, 0.1) is 13.2 Å². The van der Waals surface area contributed by atoms with Gasteiger partial charge in [0.2, 0.25) is 0 Å². The Morgan fingerprint density at radius 2 is 1.93 bits per heavy atom. The van der Waals surface area contributed by atoms with E-state index in [1.807, 2.05) is 0 Å². The van der Waals surface area contributed by atoms with Gasteiger partial charge in [0, 0.05) is 25.2 Å². The summed E-state index contributed by atoms with van der Waals surface area (Å²) in [5.74, 6) is 0. The van der Waals surface area contributed by atoms with Gasteiger partial charge in [0.1, 0.15) is 0 Å². The first-order valence-corrected chi connectivity index (χ1v) is 6.19. The summed E-state index contributed by atoms with van der Waals surface area (Å²) < 4.78 is 5.40. The van der Waals surface area contributed by atoms with E-state index in [1.165, 1.54) is 19.3 Å². The van der Waals surface area contributed by atoms with Crippen molar-refractivity contribution in [3.63, 3.8) is 0 Å². The second-order valence-electron chi connectivity index (χ2n) is 5.62. The molecule has 1 saturated heterocycles. The molecule has 0 radical (unpaired) electrons. The third kappa shape index (κ3) is 2.35. The minimum absolute atomic E-state index is 0.307. The fourth-order valence-electron chi connectivity index (χ4n) is 2.95. The van der Waals surface area contributed by atoms with Crippen molar-refractivity contribution in [2.75, 3.05) is 26.3 Å². The lowest BCUT2D eigenvalue weighted by Crippen LogP contribution is -2.58. The molecule has 2 unspecified atom stereocenters. The average molecular weight is 212 g/mol. The van der Waals surface area contributed by atoms with E-state index in [4.69, 9.17) is 10.5 Å². The third-order valence-electron chi connectivity index (χ3n) is 4.15. The first-order valence-electron chi connectivity index (χ1n) is 6.19. The van der Waals surface area contributed by atoms with Crippen LogP contribution in [-0.4, -0.2) is 43.3 Å². The minimum Gasteiger partial charge on any atom is -0.379 e. The zero-order valence-electron chi connectivity index (χ0n) is 10.0. The van der Waals surface area contributed by atoms with Crippen LogP contribution in [-0.2, 0) is 4.74 Å². The van der Waals surface area contributed by atoms with Crippen LogP contribution in [0.4, 0.5) is 0 Å². The van der Waals surface area contributed by atoms with Gasteiger partial charge < -0.3 is 10.5 Å². The van der Waals surface area contributed by atoms with Crippen molar-refractivity contribution in [1.29, 1.82) is 0 Å². The normalized spacial score (nSPS) is 37.8. The monoisotopic (exact) mass is 212 g/mol. The zero-order valence-corrected chi connectivity index (χ0v) is 10.0. The van der Waals surface area contributed by atoms with E-state index in [9.17, 15) is 0 Å². The maximum absolute atomic E-state index is 6.41. The molecule has 2 aliphatic rings. The molecule has 2 fully saturated rings. The van der Waals surface area contributed by atoms with Gasteiger partial charge in [-0.25, -0.2) is 0 Å². The Bertz CT molecular complexity index is 212. The van der Waals surface area contributed by atoms with Gasteiger partial charge in [-0.3, -0.25) is 4.90 Å². The molecule has 3 nitrogen and oxygen atoms in total. The Balaban J connectivity index is 2.00. The molecule has 0 spiro atoms. The van der Waals surface area contributed by atoms with Crippen LogP contribution in [0.1, 0.15) is 33.1 Å². The maximum Gasteiger partial charge on any atom is 0.0594 e. The first kappa shape index (κ1) is 11.4. The Kier molecular flexibility index (Phi) is 3.33. The van der Waals surface area contributed by atoms with E-state index < -0.39 is 0 Å². The van der Waals surface area contributed by atoms with Crippen molar-refractivity contribution in [2.24, 2.45) is 11.1 Å². The molecule has 1 saturated carbocycles. The second-order valence-corrected chi connectivity index (χ2v) is 5.62. The molecule has 1 aliphatic carbocycles. The second kappa shape index (κ2) is 4.40. The molecule has 2 atom stereocenters. The summed E-state index contributed by atoms with van der Waals surface area (Å²) in [4.78, 5) is 2.54. The van der Waals surface area contributed by atoms with Gasteiger partial charge in [-0.15, -0.1) is 0 Å². The maximum atomic E-state index is 6.41. The SMILES string of the molecule is CC1(C)CCCC(N2CCOCC2)C1N. The molecule has 88 valence electrons. The Morgan fingerprint density at radius 3 is 2.60 bits per heavy atom. The highest BCUT2D eigenvalue weighted by Gasteiger charge is 2.39. The van der Waals surface area contributed by atoms with Gasteiger partial charge >= 0.3 is 0 Å². The molecule has 0 bridgehead atoms. The van der Waals surface area contributed by atoms with Gasteiger partial charge in [0.25, 0.3) is 0 Å². The van der Waals surface area contributed by atoms with Crippen molar-refractivity contribution in [1.82, 2.24) is 4.90 Å². The first-order chi connectivity index (χ1) is 7.11. The van der Waals surface area contributed by atoms with Crippen molar-refractivity contribution in [3.8, 4) is 0 Å². The largest absolute Gasteiger partial charge is 0.379 e. The zero-order chi connectivity index (χ0) is 10.9. The summed E-state index contributed by atoms with van der Waals surface area (Å²) in [6, 6.07) is 0.905. The quantitative estimate of drug-likeness (QED) is 0.710. The number of hydrogen-bond donors (Lipinski definition) is 1. The summed E-state index contributed by atoms with van der Waals surface area (Å²) in [5.41, 5.74) is 6.71. The fourth-order valence-corrected chi connectivity index (χ4v) is 2.95. The molecular formula is C12H24N2O. The van der Waals surface area contributed by atoms with Gasteiger partial charge in [0.15, 0.2) is 0 Å². The standard InChI is InChI=1S/C12H24N2O/c1-12(2)5-3-4-10(11(12)13)14-6-8-15-9-7-14/h10-11H,3-9,13H2,1-2H3. The van der Waals surface area contributed by atoms with E-state index in [0.717, 1.165) is 26.3 Å². The van der Waals surface area contributed by atoms with Crippen molar-refractivity contribution < 1.29 is 4.74 Å². The molecule has 0 aromatic heterocycles. The molecule has 1 aliphatic heterocycles. The highest BCUT2D eigenvalue weighted by atomic mass is 16.5. The van der Waals surface area contributed by atoms with Crippen LogP contribution in [0.5, 0.6) is 0 Å². The van der Waals surface area contributed by atoms with Crippen molar-refractivity contribution in [2.45, 2.75) is 45.2 Å². The summed E-state index contributed by atoms with van der Waals surface area (Å²) in [6.07, 6.45) is 3.86. The number of morpholine rings is 1. The molecule has 15 heavy (non-hydrogen) atoms. The topological polar surface area (TPSA) is 38.5 Å². The molecule has 3 heteroatoms. The lowest BCUT2D eigenvalue weighted by molar-refractivity contribution is -0.0145. The molecular weight excluding hydrogens is 188 g/mol. The van der Waals surface area contributed by atoms with Crippen LogP contribution in [0, 0.1) is 5.41 Å². The van der Waals surface area contributed by atoms with Gasteiger partial charge in [-0.1, -0.05) is 20.3 Å². The molecule has 0 aromatic carbocycles. The summed E-state index contributed by atoms with van der Waals surface area (Å²) in [5, 5.41) is 0. The predicted molar refractivity (Wildman–Crippen MR) is 61.8 cm³/mol. The van der Waals surface area contributed by atoms with Crippen LogP contribution in [0.25, 0.3) is 0 Å². The molecule has 0 aromatic rings. The van der Waals surface area contributed by atoms with Crippen LogP contribution in [0.3, 0.4) is 0 Å². The Morgan fingerprint density at radius 1 is 1.27 bits per heavy atom. The predicted octanol–water partition coefficient (Wildman–Crippen LogP) is 1.22. The third-order valence-corrected chi connectivity index (χ3v) is 4.15. The lowest BCUT2D eigenvalue weighted by Gasteiger charge is -2.47. The van der Waals surface area contributed by atoms with Gasteiger partial charge in [-0.2, -0.15) is 0 Å². The number of nitrogens with two attached hydrogens (primary N) is 1. The van der Waals surface area contributed by atoms with E-state index in [-0.39, 0.29) is 0 Å². The summed E-state index contributed by atoms with van der Waals surface area (Å²) >= 11 is 0. The fraction of sp³-hybridized carbons (Fsp3) is 1.00. The molecule has 2 rings (SSSR count). The highest BCUT2D eigenvalue weighted by Crippen LogP contribution is 2.36. The minimum atomic E-state index is 0.307. The molecule has 2 N–H and O–H groups in total. The molecule has 1 heterocycles. The Hall–Kier alpha value is -0.120. The Labute approximate surface area is 93.0 Å². The number of nitrogens with zero attached hydrogens (tertiary/aromatic N) is 1. The van der Waals surface area contributed by atoms with E-state index in [2.05, 4.69) is 18.7 Å². The number of rotatable bonds is 1. The molecule has 0 amide bonds. The van der Waals surface area contributed by atoms with Crippen LogP contribution < -0.4 is 5.73 Å². The highest BCUT2D eigenvalue weighted by molar-refractivity contribution is 4.96. The van der Waals surface area contributed by atoms with E-state index in [0.29, 0.717) is 17.5 Å². The number of hydrogen-bond acceptors (Lipinski definition) is 3. The van der Waals surface area contributed by atoms with Crippen molar-refractivity contribution in [3.05, 3.63) is 0 Å². The smallest absolute Gasteiger partial charge is 0.0594 e. The lowest BCUT2D eigenvalue weighted by atomic mass is 9.70. The van der Waals surface area contributed by atoms with E-state index in [1.54, 1.807) is 0 Å².